The fourth-order valence-corrected chi connectivity index (χ4v) is 2.64. The smallest absolute Gasteiger partial charge is 0.270 e. The zero-order valence-corrected chi connectivity index (χ0v) is 10.9. The van der Waals surface area contributed by atoms with Crippen molar-refractivity contribution in [3.8, 4) is 16.5 Å². The quantitative estimate of drug-likeness (QED) is 0.684. The van der Waals surface area contributed by atoms with Crippen LogP contribution in [0.15, 0.2) is 53.4 Å². The Bertz CT molecular complexity index is 729. The number of nitriles is 1. The van der Waals surface area contributed by atoms with Crippen molar-refractivity contribution < 1.29 is 8.42 Å². The maximum Gasteiger partial charge on any atom is 0.270 e. The molecule has 0 amide bonds. The molecule has 2 rings (SSSR count). The standard InChI is InChI=1S/C14H12N2O2S/c15-9-11-5-7-12(8-6-11)13-3-1-2-4-14(13)19(17,18)10-16/h1-8H,9,15H2. The van der Waals surface area contributed by atoms with Crippen molar-refractivity contribution in [3.05, 3.63) is 54.1 Å². The number of rotatable bonds is 3. The monoisotopic (exact) mass is 272 g/mol. The second-order valence-corrected chi connectivity index (χ2v) is 5.62. The molecule has 2 aromatic rings. The summed E-state index contributed by atoms with van der Waals surface area (Å²) in [4.78, 5) is 0.0259. The molecule has 0 aromatic heterocycles. The molecule has 4 nitrogen and oxygen atoms in total. The molecule has 0 aliphatic rings. The van der Waals surface area contributed by atoms with E-state index in [1.807, 2.05) is 12.1 Å². The van der Waals surface area contributed by atoms with E-state index in [4.69, 9.17) is 11.0 Å². The fraction of sp³-hybridized carbons (Fsp3) is 0.0714. The highest BCUT2D eigenvalue weighted by Gasteiger charge is 2.18. The van der Waals surface area contributed by atoms with Crippen LogP contribution in [0.2, 0.25) is 0 Å². The van der Waals surface area contributed by atoms with E-state index in [2.05, 4.69) is 0 Å². The van der Waals surface area contributed by atoms with Gasteiger partial charge in [0, 0.05) is 12.1 Å². The minimum atomic E-state index is -3.91. The van der Waals surface area contributed by atoms with Gasteiger partial charge < -0.3 is 5.73 Å². The lowest BCUT2D eigenvalue weighted by atomic mass is 10.0. The number of nitrogens with two attached hydrogens (primary N) is 1. The van der Waals surface area contributed by atoms with Crippen LogP contribution >= 0.6 is 0 Å². The van der Waals surface area contributed by atoms with Crippen molar-refractivity contribution in [1.82, 2.24) is 0 Å². The Morgan fingerprint density at radius 2 is 1.68 bits per heavy atom. The lowest BCUT2D eigenvalue weighted by Crippen LogP contribution is -1.99. The Morgan fingerprint density at radius 1 is 1.05 bits per heavy atom. The molecule has 5 heteroatoms. The maximum atomic E-state index is 11.7. The van der Waals surface area contributed by atoms with E-state index < -0.39 is 9.84 Å². The Balaban J connectivity index is 2.60. The van der Waals surface area contributed by atoms with Gasteiger partial charge in [0.25, 0.3) is 9.84 Å². The van der Waals surface area contributed by atoms with Crippen LogP contribution in [0.5, 0.6) is 0 Å². The molecular formula is C14H12N2O2S. The fourth-order valence-electron chi connectivity index (χ4n) is 1.81. The van der Waals surface area contributed by atoms with Crippen LogP contribution in [0.1, 0.15) is 5.56 Å². The summed E-state index contributed by atoms with van der Waals surface area (Å²) < 4.78 is 23.5. The zero-order chi connectivity index (χ0) is 13.9. The van der Waals surface area contributed by atoms with Gasteiger partial charge in [0.2, 0.25) is 0 Å². The van der Waals surface area contributed by atoms with Gasteiger partial charge >= 0.3 is 0 Å². The van der Waals surface area contributed by atoms with Crippen LogP contribution in [-0.4, -0.2) is 8.42 Å². The van der Waals surface area contributed by atoms with Crippen LogP contribution in [0.25, 0.3) is 11.1 Å². The largest absolute Gasteiger partial charge is 0.326 e. The normalized spacial score (nSPS) is 10.9. The van der Waals surface area contributed by atoms with Crippen molar-refractivity contribution in [2.45, 2.75) is 11.4 Å². The van der Waals surface area contributed by atoms with Gasteiger partial charge in [0.1, 0.15) is 0 Å². The predicted octanol–water partition coefficient (Wildman–Crippen LogP) is 2.07. The molecule has 0 aliphatic carbocycles. The minimum absolute atomic E-state index is 0.0259. The molecule has 0 spiro atoms. The predicted molar refractivity (Wildman–Crippen MR) is 72.6 cm³/mol. The summed E-state index contributed by atoms with van der Waals surface area (Å²) in [6.07, 6.45) is 0. The van der Waals surface area contributed by atoms with Gasteiger partial charge in [-0.1, -0.05) is 42.5 Å². The Morgan fingerprint density at radius 3 is 2.26 bits per heavy atom. The van der Waals surface area contributed by atoms with Crippen molar-refractivity contribution in [3.63, 3.8) is 0 Å². The van der Waals surface area contributed by atoms with Crippen molar-refractivity contribution in [2.75, 3.05) is 0 Å². The second-order valence-electron chi connectivity index (χ2n) is 3.99. The third-order valence-electron chi connectivity index (χ3n) is 2.80. The SMILES string of the molecule is N#CS(=O)(=O)c1ccccc1-c1ccc(CN)cc1. The number of sulfone groups is 1. The maximum absolute atomic E-state index is 11.7. The summed E-state index contributed by atoms with van der Waals surface area (Å²) in [6.45, 7) is 0.429. The van der Waals surface area contributed by atoms with Gasteiger partial charge in [-0.05, 0) is 17.2 Å². The molecule has 0 radical (unpaired) electrons. The first-order valence-electron chi connectivity index (χ1n) is 5.63. The number of hydrogen-bond donors (Lipinski definition) is 1. The first kappa shape index (κ1) is 13.3. The first-order valence-corrected chi connectivity index (χ1v) is 7.11. The first-order chi connectivity index (χ1) is 9.08. The molecule has 0 unspecified atom stereocenters. The van der Waals surface area contributed by atoms with Gasteiger partial charge in [0.05, 0.1) is 4.90 Å². The second kappa shape index (κ2) is 5.22. The highest BCUT2D eigenvalue weighted by Crippen LogP contribution is 2.27. The molecule has 0 saturated carbocycles. The van der Waals surface area contributed by atoms with Crippen LogP contribution in [0, 0.1) is 10.7 Å². The average Bonchev–Trinajstić information content (AvgIpc) is 2.47. The summed E-state index contributed by atoms with van der Waals surface area (Å²) in [6, 6.07) is 13.7. The van der Waals surface area contributed by atoms with E-state index in [1.165, 1.54) is 11.5 Å². The van der Waals surface area contributed by atoms with Gasteiger partial charge in [0.15, 0.2) is 5.40 Å². The molecular weight excluding hydrogens is 260 g/mol. The van der Waals surface area contributed by atoms with Crippen LogP contribution in [0.4, 0.5) is 0 Å². The lowest BCUT2D eigenvalue weighted by molar-refractivity contribution is 0.606. The highest BCUT2D eigenvalue weighted by atomic mass is 32.2. The summed E-state index contributed by atoms with van der Waals surface area (Å²) in [5.74, 6) is 0. The summed E-state index contributed by atoms with van der Waals surface area (Å²) in [5.41, 5.74) is 7.75. The molecule has 19 heavy (non-hydrogen) atoms. The Labute approximate surface area is 112 Å². The van der Waals surface area contributed by atoms with E-state index in [0.717, 1.165) is 11.1 Å². The summed E-state index contributed by atoms with van der Waals surface area (Å²) in [5, 5.41) is 10.1. The van der Waals surface area contributed by atoms with Crippen molar-refractivity contribution >= 4 is 9.84 Å². The van der Waals surface area contributed by atoms with Gasteiger partial charge in [-0.15, -0.1) is 0 Å². The summed E-state index contributed by atoms with van der Waals surface area (Å²) in [7, 11) is -3.91. The third kappa shape index (κ3) is 2.65. The Hall–Kier alpha value is -2.16. The molecule has 2 aromatic carbocycles. The average molecular weight is 272 g/mol. The van der Waals surface area contributed by atoms with Gasteiger partial charge in [-0.3, -0.25) is 0 Å². The molecule has 0 aliphatic heterocycles. The van der Waals surface area contributed by atoms with E-state index >= 15 is 0 Å². The van der Waals surface area contributed by atoms with Crippen molar-refractivity contribution in [2.24, 2.45) is 5.73 Å². The van der Waals surface area contributed by atoms with Crippen LogP contribution in [-0.2, 0) is 16.4 Å². The zero-order valence-electron chi connectivity index (χ0n) is 10.1. The number of nitrogens with zero attached hydrogens (tertiary/aromatic N) is 1. The van der Waals surface area contributed by atoms with Crippen LogP contribution < -0.4 is 5.73 Å². The Kier molecular flexibility index (Phi) is 3.65. The van der Waals surface area contributed by atoms with Gasteiger partial charge in [-0.2, -0.15) is 5.26 Å². The van der Waals surface area contributed by atoms with Gasteiger partial charge in [-0.25, -0.2) is 8.42 Å². The lowest BCUT2D eigenvalue weighted by Gasteiger charge is -2.07. The van der Waals surface area contributed by atoms with E-state index in [1.54, 1.807) is 30.3 Å². The molecule has 0 bridgehead atoms. The highest BCUT2D eigenvalue weighted by molar-refractivity contribution is 7.96. The molecule has 96 valence electrons. The molecule has 0 atom stereocenters. The minimum Gasteiger partial charge on any atom is -0.326 e. The molecule has 0 fully saturated rings. The van der Waals surface area contributed by atoms with E-state index in [-0.39, 0.29) is 4.90 Å². The number of hydrogen-bond acceptors (Lipinski definition) is 4. The number of thiocyanates is 1. The molecule has 2 N–H and O–H groups in total. The molecule has 0 saturated heterocycles. The van der Waals surface area contributed by atoms with Crippen molar-refractivity contribution in [1.29, 1.82) is 5.26 Å². The van der Waals surface area contributed by atoms with E-state index in [9.17, 15) is 8.42 Å². The van der Waals surface area contributed by atoms with E-state index in [0.29, 0.717) is 12.1 Å². The number of benzene rings is 2. The molecule has 0 heterocycles. The summed E-state index contributed by atoms with van der Waals surface area (Å²) >= 11 is 0. The van der Waals surface area contributed by atoms with Crippen LogP contribution in [0.3, 0.4) is 0 Å². The topological polar surface area (TPSA) is 84.0 Å². The third-order valence-corrected chi connectivity index (χ3v) is 3.97.